The van der Waals surface area contributed by atoms with Crippen LogP contribution in [0.15, 0.2) is 24.3 Å². The zero-order valence-electron chi connectivity index (χ0n) is 14.2. The van der Waals surface area contributed by atoms with Crippen LogP contribution in [-0.2, 0) is 0 Å². The summed E-state index contributed by atoms with van der Waals surface area (Å²) in [6, 6.07) is 7.65. The van der Waals surface area contributed by atoms with E-state index in [4.69, 9.17) is 0 Å². The number of benzene rings is 1. The van der Waals surface area contributed by atoms with E-state index in [1.807, 2.05) is 26.0 Å². The Hall–Kier alpha value is -2.43. The summed E-state index contributed by atoms with van der Waals surface area (Å²) >= 11 is 0. The Bertz CT molecular complexity index is 677. The number of carbonyl (C=O) groups excluding carboxylic acids is 1. The summed E-state index contributed by atoms with van der Waals surface area (Å²) in [7, 11) is 0. The number of unbranched alkanes of at least 4 members (excludes halogenated alkanes) is 1. The molecule has 0 aliphatic rings. The highest BCUT2D eigenvalue weighted by atomic mass is 16.1. The van der Waals surface area contributed by atoms with Gasteiger partial charge in [-0.15, -0.1) is 0 Å². The molecule has 0 unspecified atom stereocenters. The molecule has 1 amide bonds. The van der Waals surface area contributed by atoms with Crippen molar-refractivity contribution in [1.29, 1.82) is 0 Å². The van der Waals surface area contributed by atoms with E-state index in [0.717, 1.165) is 36.2 Å². The van der Waals surface area contributed by atoms with E-state index in [0.29, 0.717) is 17.3 Å². The lowest BCUT2D eigenvalue weighted by molar-refractivity contribution is 0.102. The van der Waals surface area contributed by atoms with E-state index in [2.05, 4.69) is 33.6 Å². The highest BCUT2D eigenvalue weighted by Gasteiger charge is 2.11. The molecular formula is C18H24N4O. The van der Waals surface area contributed by atoms with E-state index in [-0.39, 0.29) is 5.91 Å². The Kier molecular flexibility index (Phi) is 5.68. The molecule has 0 aliphatic heterocycles. The van der Waals surface area contributed by atoms with Crippen LogP contribution in [-0.4, -0.2) is 22.4 Å². The molecule has 0 atom stereocenters. The molecule has 0 spiro atoms. The number of nitrogens with zero attached hydrogens (tertiary/aromatic N) is 2. The minimum atomic E-state index is -0.223. The van der Waals surface area contributed by atoms with E-state index in [1.165, 1.54) is 0 Å². The predicted molar refractivity (Wildman–Crippen MR) is 94.0 cm³/mol. The Morgan fingerprint density at radius 2 is 1.74 bits per heavy atom. The summed E-state index contributed by atoms with van der Waals surface area (Å²) < 4.78 is 0. The number of nitrogens with one attached hydrogen (secondary N) is 2. The van der Waals surface area contributed by atoms with Gasteiger partial charge >= 0.3 is 0 Å². The Morgan fingerprint density at radius 3 is 2.39 bits per heavy atom. The fraction of sp³-hybridized carbons (Fsp3) is 0.389. The van der Waals surface area contributed by atoms with Gasteiger partial charge in [0.25, 0.3) is 5.91 Å². The van der Waals surface area contributed by atoms with E-state index in [1.54, 1.807) is 13.0 Å². The number of carbonyl (C=O) groups is 1. The molecule has 122 valence electrons. The van der Waals surface area contributed by atoms with Gasteiger partial charge in [-0.1, -0.05) is 19.4 Å². The molecule has 0 bridgehead atoms. The van der Waals surface area contributed by atoms with Gasteiger partial charge in [-0.05, 0) is 50.5 Å². The molecule has 0 radical (unpaired) electrons. The second kappa shape index (κ2) is 7.72. The van der Waals surface area contributed by atoms with Crippen LogP contribution >= 0.6 is 0 Å². The quantitative estimate of drug-likeness (QED) is 0.795. The Balaban J connectivity index is 2.14. The third-order valence-corrected chi connectivity index (χ3v) is 3.39. The van der Waals surface area contributed by atoms with Gasteiger partial charge in [0.1, 0.15) is 17.3 Å². The Morgan fingerprint density at radius 1 is 1.04 bits per heavy atom. The lowest BCUT2D eigenvalue weighted by Gasteiger charge is -2.10. The predicted octanol–water partition coefficient (Wildman–Crippen LogP) is 3.87. The zero-order valence-corrected chi connectivity index (χ0v) is 14.2. The minimum absolute atomic E-state index is 0.223. The van der Waals surface area contributed by atoms with Gasteiger partial charge in [0, 0.05) is 18.3 Å². The van der Waals surface area contributed by atoms with Gasteiger partial charge in [0.05, 0.1) is 0 Å². The molecule has 5 heteroatoms. The average Bonchev–Trinajstić information content (AvgIpc) is 2.46. The van der Waals surface area contributed by atoms with Crippen LogP contribution < -0.4 is 10.6 Å². The van der Waals surface area contributed by atoms with Crippen molar-refractivity contribution in [3.05, 3.63) is 46.9 Å². The van der Waals surface area contributed by atoms with Crippen molar-refractivity contribution in [2.24, 2.45) is 0 Å². The molecule has 0 saturated carbocycles. The van der Waals surface area contributed by atoms with Crippen LogP contribution in [0.3, 0.4) is 0 Å². The molecule has 0 fully saturated rings. The van der Waals surface area contributed by atoms with Crippen LogP contribution in [0.4, 0.5) is 11.5 Å². The Labute approximate surface area is 137 Å². The summed E-state index contributed by atoms with van der Waals surface area (Å²) in [4.78, 5) is 21.0. The maximum absolute atomic E-state index is 12.4. The lowest BCUT2D eigenvalue weighted by atomic mass is 10.1. The second-order valence-electron chi connectivity index (χ2n) is 5.80. The van der Waals surface area contributed by atoms with Gasteiger partial charge in [-0.2, -0.15) is 0 Å². The largest absolute Gasteiger partial charge is 0.370 e. The number of rotatable bonds is 6. The number of aryl methyl sites for hydroxylation is 3. The van der Waals surface area contributed by atoms with Gasteiger partial charge in [-0.25, -0.2) is 9.97 Å². The first kappa shape index (κ1) is 16.9. The van der Waals surface area contributed by atoms with Gasteiger partial charge in [0.15, 0.2) is 0 Å². The van der Waals surface area contributed by atoms with Gasteiger partial charge < -0.3 is 10.6 Å². The normalized spacial score (nSPS) is 10.4. The average molecular weight is 312 g/mol. The smallest absolute Gasteiger partial charge is 0.274 e. The minimum Gasteiger partial charge on any atom is -0.370 e. The van der Waals surface area contributed by atoms with Gasteiger partial charge in [0.2, 0.25) is 0 Å². The number of aromatic nitrogens is 2. The third kappa shape index (κ3) is 5.06. The summed E-state index contributed by atoms with van der Waals surface area (Å²) in [5, 5.41) is 6.14. The van der Waals surface area contributed by atoms with E-state index in [9.17, 15) is 4.79 Å². The van der Waals surface area contributed by atoms with Crippen molar-refractivity contribution in [3.8, 4) is 0 Å². The third-order valence-electron chi connectivity index (χ3n) is 3.39. The zero-order chi connectivity index (χ0) is 16.8. The molecule has 1 heterocycles. The van der Waals surface area contributed by atoms with Crippen molar-refractivity contribution in [2.45, 2.75) is 40.5 Å². The number of anilines is 2. The standard InChI is InChI=1S/C18H24N4O/c1-5-6-7-19-17-11-16(20-14(4)21-17)18(23)22-15-9-12(2)8-13(3)10-15/h8-11H,5-7H2,1-4H3,(H,22,23)(H,19,20,21). The number of hydrogen-bond donors (Lipinski definition) is 2. The lowest BCUT2D eigenvalue weighted by Crippen LogP contribution is -2.16. The van der Waals surface area contributed by atoms with Crippen LogP contribution in [0, 0.1) is 20.8 Å². The molecule has 1 aromatic carbocycles. The first-order valence-electron chi connectivity index (χ1n) is 7.97. The van der Waals surface area contributed by atoms with Crippen LogP contribution in [0.2, 0.25) is 0 Å². The maximum atomic E-state index is 12.4. The maximum Gasteiger partial charge on any atom is 0.274 e. The fourth-order valence-electron chi connectivity index (χ4n) is 2.41. The second-order valence-corrected chi connectivity index (χ2v) is 5.80. The number of hydrogen-bond acceptors (Lipinski definition) is 4. The topological polar surface area (TPSA) is 66.9 Å². The monoisotopic (exact) mass is 312 g/mol. The summed E-state index contributed by atoms with van der Waals surface area (Å²) in [5.41, 5.74) is 3.38. The first-order chi connectivity index (χ1) is 11.0. The summed E-state index contributed by atoms with van der Waals surface area (Å²) in [6.07, 6.45) is 2.17. The molecule has 0 saturated heterocycles. The van der Waals surface area contributed by atoms with Gasteiger partial charge in [-0.3, -0.25) is 4.79 Å². The van der Waals surface area contributed by atoms with Crippen LogP contribution in [0.1, 0.15) is 47.2 Å². The van der Waals surface area contributed by atoms with Crippen molar-refractivity contribution in [3.63, 3.8) is 0 Å². The molecule has 5 nitrogen and oxygen atoms in total. The highest BCUT2D eigenvalue weighted by molar-refractivity contribution is 6.03. The molecule has 2 N–H and O–H groups in total. The molecule has 0 aliphatic carbocycles. The van der Waals surface area contributed by atoms with Crippen molar-refractivity contribution >= 4 is 17.4 Å². The fourth-order valence-corrected chi connectivity index (χ4v) is 2.41. The number of amides is 1. The molecule has 2 rings (SSSR count). The molecule has 1 aromatic heterocycles. The SMILES string of the molecule is CCCCNc1cc(C(=O)Nc2cc(C)cc(C)c2)nc(C)n1. The van der Waals surface area contributed by atoms with Crippen molar-refractivity contribution in [1.82, 2.24) is 9.97 Å². The van der Waals surface area contributed by atoms with E-state index < -0.39 is 0 Å². The molecule has 2 aromatic rings. The summed E-state index contributed by atoms with van der Waals surface area (Å²) in [6.45, 7) is 8.78. The first-order valence-corrected chi connectivity index (χ1v) is 7.97. The van der Waals surface area contributed by atoms with Crippen molar-refractivity contribution in [2.75, 3.05) is 17.2 Å². The highest BCUT2D eigenvalue weighted by Crippen LogP contribution is 2.15. The molecule has 23 heavy (non-hydrogen) atoms. The summed E-state index contributed by atoms with van der Waals surface area (Å²) in [5.74, 6) is 1.05. The van der Waals surface area contributed by atoms with Crippen LogP contribution in [0.25, 0.3) is 0 Å². The van der Waals surface area contributed by atoms with Crippen molar-refractivity contribution < 1.29 is 4.79 Å². The van der Waals surface area contributed by atoms with E-state index >= 15 is 0 Å². The molecular weight excluding hydrogens is 288 g/mol. The van der Waals surface area contributed by atoms with Crippen LogP contribution in [0.5, 0.6) is 0 Å².